The third-order valence-corrected chi connectivity index (χ3v) is 1.63. The monoisotopic (exact) mass is 155 g/mol. The Hall–Kier alpha value is -1.23. The molecule has 1 aliphatic rings. The third kappa shape index (κ3) is 1.27. The summed E-state index contributed by atoms with van der Waals surface area (Å²) in [5, 5.41) is 2.06. The Kier molecular flexibility index (Phi) is 1.74. The van der Waals surface area contributed by atoms with E-state index in [4.69, 9.17) is 5.73 Å². The summed E-state index contributed by atoms with van der Waals surface area (Å²) < 4.78 is 0. The van der Waals surface area contributed by atoms with Gasteiger partial charge in [-0.15, -0.1) is 0 Å². The lowest BCUT2D eigenvalue weighted by molar-refractivity contribution is -0.125. The van der Waals surface area contributed by atoms with Crippen LogP contribution in [0, 0.1) is 5.41 Å². The van der Waals surface area contributed by atoms with Crippen molar-refractivity contribution in [2.75, 3.05) is 6.54 Å². The molecule has 1 aliphatic heterocycles. The number of amides is 3. The lowest BCUT2D eigenvalue weighted by atomic mass is 9.90. The van der Waals surface area contributed by atoms with Gasteiger partial charge in [0.1, 0.15) is 0 Å². The van der Waals surface area contributed by atoms with Crippen LogP contribution >= 0.6 is 0 Å². The van der Waals surface area contributed by atoms with Crippen molar-refractivity contribution in [1.29, 1.82) is 0 Å². The van der Waals surface area contributed by atoms with Gasteiger partial charge in [0.05, 0.1) is 5.41 Å². The zero-order valence-corrected chi connectivity index (χ0v) is 6.13. The number of hydrogen-bond acceptors (Lipinski definition) is 3. The molecule has 1 heterocycles. The van der Waals surface area contributed by atoms with Crippen LogP contribution in [-0.2, 0) is 4.79 Å². The normalized spacial score (nSPS) is 30.4. The van der Waals surface area contributed by atoms with Gasteiger partial charge < -0.3 is 5.73 Å². The van der Waals surface area contributed by atoms with Gasteiger partial charge >= 0.3 is 6.03 Å². The number of carbonyl (C=O) groups excluding carboxylic acids is 2. The first kappa shape index (κ1) is 7.87. The molecule has 0 saturated carbocycles. The van der Waals surface area contributed by atoms with Gasteiger partial charge in [-0.25, -0.2) is 9.79 Å². The lowest BCUT2D eigenvalue weighted by Crippen LogP contribution is -2.49. The Labute approximate surface area is 63.7 Å². The Bertz CT molecular complexity index is 236. The molecule has 3 amide bonds. The second-order valence-electron chi connectivity index (χ2n) is 2.64. The van der Waals surface area contributed by atoms with Crippen molar-refractivity contribution in [3.05, 3.63) is 0 Å². The summed E-state index contributed by atoms with van der Waals surface area (Å²) in [4.78, 5) is 25.0. The van der Waals surface area contributed by atoms with E-state index in [9.17, 15) is 9.59 Å². The number of carbonyl (C=O) groups is 2. The molecular formula is C6H9N3O2. The molecule has 0 aromatic heterocycles. The molecule has 0 fully saturated rings. The molecule has 5 nitrogen and oxygen atoms in total. The number of nitrogens with one attached hydrogen (secondary N) is 1. The third-order valence-electron chi connectivity index (χ3n) is 1.63. The number of hydrogen-bond donors (Lipinski definition) is 2. The van der Waals surface area contributed by atoms with Gasteiger partial charge in [0.15, 0.2) is 0 Å². The van der Waals surface area contributed by atoms with Crippen molar-refractivity contribution in [1.82, 2.24) is 5.32 Å². The van der Waals surface area contributed by atoms with Crippen molar-refractivity contribution in [3.63, 3.8) is 0 Å². The Morgan fingerprint density at radius 2 is 2.36 bits per heavy atom. The standard InChI is InChI=1S/C6H9N3O2/c1-6(2-7)3-8-5(11)9-4(6)10/h3H,2,7H2,1H3,(H,9,10,11). The lowest BCUT2D eigenvalue weighted by Gasteiger charge is -2.23. The van der Waals surface area contributed by atoms with Gasteiger partial charge in [-0.05, 0) is 6.92 Å². The van der Waals surface area contributed by atoms with Crippen LogP contribution in [0.1, 0.15) is 6.92 Å². The van der Waals surface area contributed by atoms with Crippen molar-refractivity contribution in [2.45, 2.75) is 6.92 Å². The first-order valence-corrected chi connectivity index (χ1v) is 3.19. The summed E-state index contributed by atoms with van der Waals surface area (Å²) in [5.41, 5.74) is 4.48. The maximum absolute atomic E-state index is 11.1. The molecule has 5 heteroatoms. The van der Waals surface area contributed by atoms with Crippen molar-refractivity contribution < 1.29 is 9.59 Å². The molecule has 0 bridgehead atoms. The smallest absolute Gasteiger partial charge is 0.329 e. The van der Waals surface area contributed by atoms with Crippen molar-refractivity contribution >= 4 is 18.2 Å². The minimum absolute atomic E-state index is 0.148. The average molecular weight is 155 g/mol. The van der Waals surface area contributed by atoms with Crippen LogP contribution < -0.4 is 11.1 Å². The van der Waals surface area contributed by atoms with E-state index in [-0.39, 0.29) is 12.5 Å². The highest BCUT2D eigenvalue weighted by Crippen LogP contribution is 2.13. The predicted molar refractivity (Wildman–Crippen MR) is 39.2 cm³/mol. The number of nitrogens with two attached hydrogens (primary N) is 1. The molecule has 1 atom stereocenters. The Morgan fingerprint density at radius 1 is 1.73 bits per heavy atom. The first-order valence-electron chi connectivity index (χ1n) is 3.19. The minimum Gasteiger partial charge on any atom is -0.329 e. The quantitative estimate of drug-likeness (QED) is 0.523. The van der Waals surface area contributed by atoms with Crippen LogP contribution in [0.25, 0.3) is 0 Å². The van der Waals surface area contributed by atoms with E-state index < -0.39 is 11.4 Å². The zero-order chi connectivity index (χ0) is 8.48. The van der Waals surface area contributed by atoms with Crippen LogP contribution in [0.15, 0.2) is 4.99 Å². The number of rotatable bonds is 1. The Morgan fingerprint density at radius 3 is 2.82 bits per heavy atom. The second kappa shape index (κ2) is 2.43. The number of imide groups is 1. The van der Waals surface area contributed by atoms with E-state index in [2.05, 4.69) is 10.3 Å². The summed E-state index contributed by atoms with van der Waals surface area (Å²) >= 11 is 0. The van der Waals surface area contributed by atoms with Gasteiger partial charge in [0, 0.05) is 12.8 Å². The molecule has 0 aromatic carbocycles. The van der Waals surface area contributed by atoms with E-state index in [1.54, 1.807) is 6.92 Å². The van der Waals surface area contributed by atoms with Crippen LogP contribution in [0.2, 0.25) is 0 Å². The fourth-order valence-electron chi connectivity index (χ4n) is 0.677. The zero-order valence-electron chi connectivity index (χ0n) is 6.13. The SMILES string of the molecule is CC1(CN)C=NC(=O)NC1=O. The van der Waals surface area contributed by atoms with Gasteiger partial charge in [0.25, 0.3) is 0 Å². The number of urea groups is 1. The fourth-order valence-corrected chi connectivity index (χ4v) is 0.677. The molecule has 0 radical (unpaired) electrons. The fraction of sp³-hybridized carbons (Fsp3) is 0.500. The average Bonchev–Trinajstić information content (AvgIpc) is 1.98. The van der Waals surface area contributed by atoms with Gasteiger partial charge in [-0.2, -0.15) is 0 Å². The van der Waals surface area contributed by atoms with Crippen LogP contribution in [0.5, 0.6) is 0 Å². The van der Waals surface area contributed by atoms with Crippen molar-refractivity contribution in [2.24, 2.45) is 16.1 Å². The molecule has 0 spiro atoms. The highest BCUT2D eigenvalue weighted by molar-refractivity contribution is 6.12. The largest absolute Gasteiger partial charge is 0.347 e. The second-order valence-corrected chi connectivity index (χ2v) is 2.64. The molecular weight excluding hydrogens is 146 g/mol. The van der Waals surface area contributed by atoms with E-state index in [0.717, 1.165) is 0 Å². The molecule has 1 rings (SSSR count). The Balaban J connectivity index is 2.92. The molecule has 3 N–H and O–H groups in total. The molecule has 11 heavy (non-hydrogen) atoms. The number of nitrogens with zero attached hydrogens (tertiary/aromatic N) is 1. The summed E-state index contributed by atoms with van der Waals surface area (Å²) in [6.07, 6.45) is 1.29. The van der Waals surface area contributed by atoms with E-state index in [0.29, 0.717) is 0 Å². The predicted octanol–water partition coefficient (Wildman–Crippen LogP) is -0.728. The highest BCUT2D eigenvalue weighted by atomic mass is 16.2. The molecule has 0 saturated heterocycles. The highest BCUT2D eigenvalue weighted by Gasteiger charge is 2.34. The summed E-state index contributed by atoms with van der Waals surface area (Å²) in [6, 6.07) is -0.624. The summed E-state index contributed by atoms with van der Waals surface area (Å²) in [6.45, 7) is 1.77. The summed E-state index contributed by atoms with van der Waals surface area (Å²) in [5.74, 6) is -0.389. The summed E-state index contributed by atoms with van der Waals surface area (Å²) in [7, 11) is 0. The maximum Gasteiger partial charge on any atom is 0.347 e. The van der Waals surface area contributed by atoms with E-state index in [1.807, 2.05) is 0 Å². The van der Waals surface area contributed by atoms with Crippen LogP contribution in [0.4, 0.5) is 4.79 Å². The maximum atomic E-state index is 11.1. The van der Waals surface area contributed by atoms with Crippen LogP contribution in [-0.4, -0.2) is 24.7 Å². The van der Waals surface area contributed by atoms with Crippen LogP contribution in [0.3, 0.4) is 0 Å². The molecule has 0 aromatic rings. The number of aliphatic imine (C=N–C) groups is 1. The topological polar surface area (TPSA) is 84.5 Å². The van der Waals surface area contributed by atoms with E-state index >= 15 is 0 Å². The molecule has 1 unspecified atom stereocenters. The molecule has 0 aliphatic carbocycles. The van der Waals surface area contributed by atoms with Crippen molar-refractivity contribution in [3.8, 4) is 0 Å². The molecule has 60 valence electrons. The first-order chi connectivity index (χ1) is 5.08. The minimum atomic E-state index is -0.825. The van der Waals surface area contributed by atoms with E-state index in [1.165, 1.54) is 6.21 Å². The van der Waals surface area contributed by atoms with Gasteiger partial charge in [0.2, 0.25) is 5.91 Å². The van der Waals surface area contributed by atoms with Gasteiger partial charge in [-0.1, -0.05) is 0 Å². The van der Waals surface area contributed by atoms with Gasteiger partial charge in [-0.3, -0.25) is 10.1 Å².